The smallest absolute Gasteiger partial charge is 0.128 e. The number of aliphatic hydroxyl groups is 2. The minimum absolute atomic E-state index is 0.281. The van der Waals surface area contributed by atoms with Gasteiger partial charge in [-0.15, -0.1) is 0 Å². The molecule has 0 spiro atoms. The van der Waals surface area contributed by atoms with Gasteiger partial charge in [-0.05, 0) is 0 Å². The van der Waals surface area contributed by atoms with Crippen LogP contribution in [0.3, 0.4) is 0 Å². The SMILES string of the molecule is C[N+](C)(C)CCO.C[N+](C)(C)CCO.O=S(=O)([O-])CS(=O)(=O)[O-]. The molecule has 0 saturated heterocycles. The summed E-state index contributed by atoms with van der Waals surface area (Å²) in [4.78, 5) is 0. The van der Waals surface area contributed by atoms with Crippen molar-refractivity contribution in [1.29, 1.82) is 0 Å². The normalized spacial score (nSPS) is 12.6. The topological polar surface area (TPSA) is 155 Å². The van der Waals surface area contributed by atoms with Gasteiger partial charge in [-0.2, -0.15) is 0 Å². The first-order valence-corrected chi connectivity index (χ1v) is 9.68. The number of quaternary nitrogens is 2. The molecule has 0 aromatic rings. The molecule has 0 saturated carbocycles. The lowest BCUT2D eigenvalue weighted by molar-refractivity contribution is -0.870. The van der Waals surface area contributed by atoms with Gasteiger partial charge in [-0.25, -0.2) is 16.8 Å². The van der Waals surface area contributed by atoms with E-state index in [4.69, 9.17) is 10.2 Å². The quantitative estimate of drug-likeness (QED) is 0.374. The van der Waals surface area contributed by atoms with Crippen molar-refractivity contribution < 1.29 is 45.1 Å². The van der Waals surface area contributed by atoms with Crippen molar-refractivity contribution in [2.75, 3.05) is 73.7 Å². The summed E-state index contributed by atoms with van der Waals surface area (Å²) >= 11 is 0. The predicted octanol–water partition coefficient (Wildman–Crippen LogP) is -2.60. The van der Waals surface area contributed by atoms with E-state index < -0.39 is 25.3 Å². The van der Waals surface area contributed by atoms with Gasteiger partial charge in [0.25, 0.3) is 0 Å². The Balaban J connectivity index is -0.000000264. The lowest BCUT2D eigenvalue weighted by Gasteiger charge is -2.21. The standard InChI is InChI=1S/2C5H14NO.CH4O6S2/c2*1-6(2,3)4-5-7;2-8(3,4)1-9(5,6)7/h2*7H,4-5H2,1-3H3;1H2,(H,2,3,4)(H,5,6,7)/q2*+1;/p-2. The summed E-state index contributed by atoms with van der Waals surface area (Å²) in [6.45, 7) is 2.23. The summed E-state index contributed by atoms with van der Waals surface area (Å²) in [5, 5.41) is 14.9. The predicted molar refractivity (Wildman–Crippen MR) is 84.2 cm³/mol. The summed E-state index contributed by atoms with van der Waals surface area (Å²) in [5.41, 5.74) is 0. The van der Waals surface area contributed by atoms with Crippen LogP contribution in [0.2, 0.25) is 0 Å². The van der Waals surface area contributed by atoms with Crippen LogP contribution in [-0.4, -0.2) is 119 Å². The Morgan fingerprint density at radius 2 is 0.913 bits per heavy atom. The van der Waals surface area contributed by atoms with Gasteiger partial charge < -0.3 is 28.3 Å². The fraction of sp³-hybridized carbons (Fsp3) is 1.00. The van der Waals surface area contributed by atoms with Crippen molar-refractivity contribution in [3.05, 3.63) is 0 Å². The molecule has 0 fully saturated rings. The monoisotopic (exact) mass is 382 g/mol. The van der Waals surface area contributed by atoms with E-state index >= 15 is 0 Å². The van der Waals surface area contributed by atoms with Crippen molar-refractivity contribution in [2.24, 2.45) is 0 Å². The molecule has 2 N–H and O–H groups in total. The maximum absolute atomic E-state index is 9.51. The van der Waals surface area contributed by atoms with E-state index in [1.54, 1.807) is 0 Å². The van der Waals surface area contributed by atoms with E-state index in [9.17, 15) is 25.9 Å². The van der Waals surface area contributed by atoms with E-state index in [0.717, 1.165) is 22.1 Å². The second-order valence-corrected chi connectivity index (χ2v) is 9.88. The van der Waals surface area contributed by atoms with Crippen molar-refractivity contribution in [1.82, 2.24) is 0 Å². The van der Waals surface area contributed by atoms with Crippen LogP contribution in [0.1, 0.15) is 0 Å². The molecule has 0 aliphatic carbocycles. The maximum atomic E-state index is 9.51. The number of rotatable bonds is 6. The van der Waals surface area contributed by atoms with Crippen molar-refractivity contribution in [3.63, 3.8) is 0 Å². The summed E-state index contributed by atoms with van der Waals surface area (Å²) in [7, 11) is 2.45. The maximum Gasteiger partial charge on any atom is 0.128 e. The fourth-order valence-corrected chi connectivity index (χ4v) is 2.19. The van der Waals surface area contributed by atoms with Crippen LogP contribution in [0, 0.1) is 0 Å². The molecular weight excluding hydrogens is 352 g/mol. The molecule has 12 heteroatoms. The Morgan fingerprint density at radius 3 is 0.913 bits per heavy atom. The molecule has 0 amide bonds. The van der Waals surface area contributed by atoms with Crippen molar-refractivity contribution >= 4 is 20.2 Å². The summed E-state index contributed by atoms with van der Waals surface area (Å²) in [6.07, 6.45) is 0. The largest absolute Gasteiger partial charge is 0.747 e. The van der Waals surface area contributed by atoms with Crippen LogP contribution in [0.15, 0.2) is 0 Å². The van der Waals surface area contributed by atoms with Crippen LogP contribution in [0.5, 0.6) is 0 Å². The second kappa shape index (κ2) is 11.3. The third-order valence-corrected chi connectivity index (χ3v) is 4.14. The van der Waals surface area contributed by atoms with Crippen LogP contribution in [0.4, 0.5) is 0 Å². The molecule has 0 heterocycles. The first-order chi connectivity index (χ1) is 9.83. The van der Waals surface area contributed by atoms with Gasteiger partial charge in [0.05, 0.1) is 55.5 Å². The van der Waals surface area contributed by atoms with Gasteiger partial charge in [0.2, 0.25) is 0 Å². The number of nitrogens with zero attached hydrogens (tertiary/aromatic N) is 2. The molecule has 0 aliphatic heterocycles. The highest BCUT2D eigenvalue weighted by atomic mass is 32.3. The third-order valence-electron chi connectivity index (χ3n) is 1.83. The summed E-state index contributed by atoms with van der Waals surface area (Å²) in [6, 6.07) is 0. The van der Waals surface area contributed by atoms with E-state index in [2.05, 4.69) is 42.3 Å². The van der Waals surface area contributed by atoms with Crippen LogP contribution in [0.25, 0.3) is 0 Å². The summed E-state index contributed by atoms with van der Waals surface area (Å²) < 4.78 is 58.8. The summed E-state index contributed by atoms with van der Waals surface area (Å²) in [5.74, 6) is 0. The van der Waals surface area contributed by atoms with Gasteiger partial charge in [-0.1, -0.05) is 0 Å². The lowest BCUT2D eigenvalue weighted by atomic mass is 10.5. The Hall–Kier alpha value is -0.340. The molecule has 0 unspecified atom stereocenters. The molecule has 0 aromatic carbocycles. The Labute approximate surface area is 139 Å². The lowest BCUT2D eigenvalue weighted by Crippen LogP contribution is -2.36. The van der Waals surface area contributed by atoms with Gasteiger partial charge in [0, 0.05) is 0 Å². The van der Waals surface area contributed by atoms with Crippen LogP contribution < -0.4 is 0 Å². The fourth-order valence-electron chi connectivity index (χ4n) is 0.777. The number of aliphatic hydroxyl groups excluding tert-OH is 2. The van der Waals surface area contributed by atoms with Gasteiger partial charge in [-0.3, -0.25) is 0 Å². The first-order valence-electron chi connectivity index (χ1n) is 6.53. The Morgan fingerprint density at radius 1 is 0.696 bits per heavy atom. The molecule has 0 aliphatic rings. The van der Waals surface area contributed by atoms with Crippen LogP contribution >= 0.6 is 0 Å². The second-order valence-electron chi connectivity index (χ2n) is 6.71. The minimum Gasteiger partial charge on any atom is -0.747 e. The number of hydrogen-bond donors (Lipinski definition) is 2. The minimum atomic E-state index is -4.93. The highest BCUT2D eigenvalue weighted by Gasteiger charge is 2.03. The molecule has 0 rings (SSSR count). The zero-order valence-corrected chi connectivity index (χ0v) is 16.2. The number of likely N-dealkylation sites (N-methyl/N-ethyl adjacent to an activating group) is 2. The Bertz CT molecular complexity index is 443. The molecule has 23 heavy (non-hydrogen) atoms. The highest BCUT2D eigenvalue weighted by Crippen LogP contribution is 1.88. The van der Waals surface area contributed by atoms with E-state index in [1.165, 1.54) is 0 Å². The molecule has 0 atom stereocenters. The molecule has 0 aromatic heterocycles. The van der Waals surface area contributed by atoms with Crippen molar-refractivity contribution in [3.8, 4) is 0 Å². The first kappa shape index (κ1) is 27.5. The van der Waals surface area contributed by atoms with E-state index in [1.807, 2.05) is 0 Å². The molecule has 0 radical (unpaired) electrons. The number of hydrogen-bond acceptors (Lipinski definition) is 8. The highest BCUT2D eigenvalue weighted by molar-refractivity contribution is 8.02. The Kier molecular flexibility index (Phi) is 13.5. The molecule has 0 bridgehead atoms. The zero-order valence-electron chi connectivity index (χ0n) is 14.6. The molecule has 144 valence electrons. The van der Waals surface area contributed by atoms with E-state index in [0.29, 0.717) is 0 Å². The van der Waals surface area contributed by atoms with Crippen molar-refractivity contribution in [2.45, 2.75) is 0 Å². The third kappa shape index (κ3) is 44.9. The van der Waals surface area contributed by atoms with Gasteiger partial charge >= 0.3 is 0 Å². The van der Waals surface area contributed by atoms with E-state index in [-0.39, 0.29) is 13.2 Å². The molecular formula is C11H30N2O8S2. The molecule has 10 nitrogen and oxygen atoms in total. The zero-order chi connectivity index (χ0) is 19.5. The average molecular weight is 383 g/mol. The van der Waals surface area contributed by atoms with Gasteiger partial charge in [0.1, 0.15) is 38.4 Å². The van der Waals surface area contributed by atoms with Gasteiger partial charge in [0.15, 0.2) is 0 Å². The average Bonchev–Trinajstić information content (AvgIpc) is 2.07. The van der Waals surface area contributed by atoms with Crippen LogP contribution in [-0.2, 0) is 20.2 Å².